The molecule has 0 aromatic heterocycles. The summed E-state index contributed by atoms with van der Waals surface area (Å²) in [6, 6.07) is 13.1. The van der Waals surface area contributed by atoms with Gasteiger partial charge in [-0.15, -0.1) is 0 Å². The van der Waals surface area contributed by atoms with Crippen molar-refractivity contribution in [2.45, 2.75) is 49.5 Å². The van der Waals surface area contributed by atoms with Crippen molar-refractivity contribution in [3.8, 4) is 0 Å². The SMILES string of the molecule is O=S(=O)(c1ccc2c(c1)CCCC2)N1CCC[C@H]1c1ccc(Cl)cc1. The Morgan fingerprint density at radius 3 is 2.40 bits per heavy atom. The maximum atomic E-state index is 13.3. The van der Waals surface area contributed by atoms with Crippen molar-refractivity contribution in [3.63, 3.8) is 0 Å². The van der Waals surface area contributed by atoms with E-state index in [4.69, 9.17) is 11.6 Å². The highest BCUT2D eigenvalue weighted by atomic mass is 35.5. The van der Waals surface area contributed by atoms with Gasteiger partial charge >= 0.3 is 0 Å². The Bertz CT molecular complexity index is 877. The van der Waals surface area contributed by atoms with Gasteiger partial charge in [-0.1, -0.05) is 29.8 Å². The number of sulfonamides is 1. The Morgan fingerprint density at radius 1 is 0.920 bits per heavy atom. The van der Waals surface area contributed by atoms with Gasteiger partial charge in [0.15, 0.2) is 0 Å². The zero-order chi connectivity index (χ0) is 17.4. The lowest BCUT2D eigenvalue weighted by Gasteiger charge is -2.25. The Morgan fingerprint density at radius 2 is 1.64 bits per heavy atom. The number of aryl methyl sites for hydroxylation is 2. The first-order chi connectivity index (χ1) is 12.1. The molecule has 1 atom stereocenters. The molecule has 0 N–H and O–H groups in total. The Balaban J connectivity index is 1.68. The molecule has 3 nitrogen and oxygen atoms in total. The minimum Gasteiger partial charge on any atom is -0.207 e. The van der Waals surface area contributed by atoms with Gasteiger partial charge in [0.25, 0.3) is 0 Å². The minimum absolute atomic E-state index is 0.0988. The number of nitrogens with zero attached hydrogens (tertiary/aromatic N) is 1. The normalized spacial score (nSPS) is 21.2. The summed E-state index contributed by atoms with van der Waals surface area (Å²) in [5.41, 5.74) is 3.53. The van der Waals surface area contributed by atoms with E-state index in [1.54, 1.807) is 10.4 Å². The molecule has 0 saturated carbocycles. The Labute approximate surface area is 154 Å². The summed E-state index contributed by atoms with van der Waals surface area (Å²) in [5.74, 6) is 0. The van der Waals surface area contributed by atoms with Gasteiger partial charge in [0.05, 0.1) is 10.9 Å². The van der Waals surface area contributed by atoms with E-state index in [0.29, 0.717) is 16.5 Å². The average molecular weight is 376 g/mol. The molecule has 0 spiro atoms. The molecule has 1 fully saturated rings. The van der Waals surface area contributed by atoms with Gasteiger partial charge in [0.2, 0.25) is 10.0 Å². The van der Waals surface area contributed by atoms with Crippen LogP contribution in [0.2, 0.25) is 5.02 Å². The van der Waals surface area contributed by atoms with Crippen LogP contribution in [0.25, 0.3) is 0 Å². The molecule has 5 heteroatoms. The molecule has 2 aromatic rings. The Hall–Kier alpha value is -1.36. The van der Waals surface area contributed by atoms with E-state index in [1.165, 1.54) is 17.5 Å². The standard InChI is InChI=1S/C20H22ClNO2S/c21-18-10-7-16(8-11-18)20-6-3-13-22(20)25(23,24)19-12-9-15-4-1-2-5-17(15)14-19/h7-12,14,20H,1-6,13H2/t20-/m0/s1. The fraction of sp³-hybridized carbons (Fsp3) is 0.400. The second-order valence-corrected chi connectivity index (χ2v) is 9.29. The smallest absolute Gasteiger partial charge is 0.207 e. The van der Waals surface area contributed by atoms with Crippen LogP contribution in [0.15, 0.2) is 47.4 Å². The summed E-state index contributed by atoms with van der Waals surface area (Å²) in [4.78, 5) is 0.439. The van der Waals surface area contributed by atoms with Crippen LogP contribution < -0.4 is 0 Å². The molecule has 4 rings (SSSR count). The summed E-state index contributed by atoms with van der Waals surface area (Å²) < 4.78 is 28.2. The number of rotatable bonds is 3. The van der Waals surface area contributed by atoms with Gasteiger partial charge in [0.1, 0.15) is 0 Å². The van der Waals surface area contributed by atoms with E-state index in [2.05, 4.69) is 0 Å². The topological polar surface area (TPSA) is 37.4 Å². The zero-order valence-electron chi connectivity index (χ0n) is 14.1. The van der Waals surface area contributed by atoms with Crippen LogP contribution in [-0.2, 0) is 22.9 Å². The molecule has 25 heavy (non-hydrogen) atoms. The van der Waals surface area contributed by atoms with E-state index in [1.807, 2.05) is 36.4 Å². The van der Waals surface area contributed by atoms with Crippen LogP contribution >= 0.6 is 11.6 Å². The van der Waals surface area contributed by atoms with Crippen LogP contribution in [0.5, 0.6) is 0 Å². The second-order valence-electron chi connectivity index (χ2n) is 6.96. The van der Waals surface area contributed by atoms with E-state index in [0.717, 1.165) is 37.7 Å². The van der Waals surface area contributed by atoms with Gasteiger partial charge < -0.3 is 0 Å². The number of benzene rings is 2. The lowest BCUT2D eigenvalue weighted by Crippen LogP contribution is -2.30. The third kappa shape index (κ3) is 3.23. The summed E-state index contributed by atoms with van der Waals surface area (Å²) in [6.45, 7) is 0.576. The minimum atomic E-state index is -3.48. The third-order valence-electron chi connectivity index (χ3n) is 5.39. The highest BCUT2D eigenvalue weighted by Crippen LogP contribution is 2.37. The number of fused-ring (bicyclic) bond motifs is 1. The molecule has 0 amide bonds. The molecule has 132 valence electrons. The molecule has 1 aliphatic heterocycles. The molecule has 0 radical (unpaired) electrons. The van der Waals surface area contributed by atoms with E-state index >= 15 is 0 Å². The van der Waals surface area contributed by atoms with Gasteiger partial charge in [-0.05, 0) is 79.5 Å². The molecular formula is C20H22ClNO2S. The molecule has 0 unspecified atom stereocenters. The van der Waals surface area contributed by atoms with Crippen molar-refractivity contribution in [3.05, 3.63) is 64.2 Å². The van der Waals surface area contributed by atoms with Gasteiger partial charge in [-0.2, -0.15) is 4.31 Å². The first kappa shape index (κ1) is 17.1. The van der Waals surface area contributed by atoms with Crippen molar-refractivity contribution < 1.29 is 8.42 Å². The lowest BCUT2D eigenvalue weighted by atomic mass is 9.92. The maximum Gasteiger partial charge on any atom is 0.243 e. The number of hydrogen-bond donors (Lipinski definition) is 0. The van der Waals surface area contributed by atoms with Crippen LogP contribution in [0, 0.1) is 0 Å². The van der Waals surface area contributed by atoms with Crippen LogP contribution in [-0.4, -0.2) is 19.3 Å². The first-order valence-corrected chi connectivity index (χ1v) is 10.8. The fourth-order valence-corrected chi connectivity index (χ4v) is 5.91. The van der Waals surface area contributed by atoms with Crippen molar-refractivity contribution >= 4 is 21.6 Å². The Kier molecular flexibility index (Phi) is 4.61. The summed E-state index contributed by atoms with van der Waals surface area (Å²) >= 11 is 5.98. The zero-order valence-corrected chi connectivity index (χ0v) is 15.7. The monoisotopic (exact) mass is 375 g/mol. The molecule has 2 aromatic carbocycles. The van der Waals surface area contributed by atoms with E-state index in [-0.39, 0.29) is 6.04 Å². The predicted molar refractivity (Wildman–Crippen MR) is 100 cm³/mol. The summed E-state index contributed by atoms with van der Waals surface area (Å²) in [6.07, 6.45) is 6.13. The van der Waals surface area contributed by atoms with Crippen LogP contribution in [0.4, 0.5) is 0 Å². The number of halogens is 1. The third-order valence-corrected chi connectivity index (χ3v) is 7.54. The highest BCUT2D eigenvalue weighted by Gasteiger charge is 2.36. The number of hydrogen-bond acceptors (Lipinski definition) is 2. The first-order valence-electron chi connectivity index (χ1n) is 8.95. The maximum absolute atomic E-state index is 13.3. The van der Waals surface area contributed by atoms with Crippen LogP contribution in [0.3, 0.4) is 0 Å². The molecule has 2 aliphatic rings. The highest BCUT2D eigenvalue weighted by molar-refractivity contribution is 7.89. The summed E-state index contributed by atoms with van der Waals surface area (Å²) in [7, 11) is -3.48. The fourth-order valence-electron chi connectivity index (χ4n) is 4.05. The molecule has 1 heterocycles. The van der Waals surface area contributed by atoms with E-state index in [9.17, 15) is 8.42 Å². The van der Waals surface area contributed by atoms with Crippen molar-refractivity contribution in [1.29, 1.82) is 0 Å². The quantitative estimate of drug-likeness (QED) is 0.776. The van der Waals surface area contributed by atoms with Crippen LogP contribution in [0.1, 0.15) is 48.4 Å². The van der Waals surface area contributed by atoms with Crippen molar-refractivity contribution in [2.75, 3.05) is 6.54 Å². The van der Waals surface area contributed by atoms with Gasteiger partial charge in [-0.25, -0.2) is 8.42 Å². The predicted octanol–water partition coefficient (Wildman–Crippen LogP) is 4.74. The molecule has 1 aliphatic carbocycles. The lowest BCUT2D eigenvalue weighted by molar-refractivity contribution is 0.396. The molecular weight excluding hydrogens is 354 g/mol. The average Bonchev–Trinajstić information content (AvgIpc) is 3.12. The van der Waals surface area contributed by atoms with Gasteiger partial charge in [-0.3, -0.25) is 0 Å². The molecule has 0 bridgehead atoms. The van der Waals surface area contributed by atoms with Crippen molar-refractivity contribution in [2.24, 2.45) is 0 Å². The van der Waals surface area contributed by atoms with Gasteiger partial charge in [0, 0.05) is 11.6 Å². The van der Waals surface area contributed by atoms with Crippen molar-refractivity contribution in [1.82, 2.24) is 4.31 Å². The summed E-state index contributed by atoms with van der Waals surface area (Å²) in [5, 5.41) is 0.672. The van der Waals surface area contributed by atoms with E-state index < -0.39 is 10.0 Å². The second kappa shape index (κ2) is 6.75. The molecule has 1 saturated heterocycles. The largest absolute Gasteiger partial charge is 0.243 e.